The number of pyridine rings is 1. The zero-order valence-corrected chi connectivity index (χ0v) is 21.4. The third-order valence-electron chi connectivity index (χ3n) is 7.98. The first-order valence-electron chi connectivity index (χ1n) is 12.8. The summed E-state index contributed by atoms with van der Waals surface area (Å²) in [6.45, 7) is 6.56. The van der Waals surface area contributed by atoms with Crippen LogP contribution in [0.5, 0.6) is 5.88 Å². The fourth-order valence-corrected chi connectivity index (χ4v) is 5.81. The molecule has 0 saturated carbocycles. The molecule has 1 atom stereocenters. The zero-order valence-electron chi connectivity index (χ0n) is 21.4. The van der Waals surface area contributed by atoms with Crippen LogP contribution in [0.2, 0.25) is 0 Å². The van der Waals surface area contributed by atoms with Gasteiger partial charge in [0.1, 0.15) is 17.7 Å². The summed E-state index contributed by atoms with van der Waals surface area (Å²) >= 11 is 0. The average molecular weight is 514 g/mol. The average Bonchev–Trinajstić information content (AvgIpc) is 3.49. The first-order chi connectivity index (χ1) is 18.5. The molecular weight excluding hydrogens is 482 g/mol. The summed E-state index contributed by atoms with van der Waals surface area (Å²) in [4.78, 5) is 27.3. The Morgan fingerprint density at radius 3 is 2.84 bits per heavy atom. The third-order valence-corrected chi connectivity index (χ3v) is 7.98. The van der Waals surface area contributed by atoms with Gasteiger partial charge in [0, 0.05) is 44.1 Å². The highest BCUT2D eigenvalue weighted by Gasteiger charge is 2.46. The Hall–Kier alpha value is -4.02. The molecule has 2 aliphatic rings. The third kappa shape index (κ3) is 4.15. The minimum atomic E-state index is -0.259. The molecule has 1 aromatic carbocycles. The van der Waals surface area contributed by atoms with Crippen LogP contribution in [0.3, 0.4) is 0 Å². The molecule has 4 N–H and O–H groups in total. The van der Waals surface area contributed by atoms with E-state index < -0.39 is 0 Å². The fourth-order valence-electron chi connectivity index (χ4n) is 5.81. The maximum atomic E-state index is 13.3. The number of fused-ring (bicyclic) bond motifs is 2. The van der Waals surface area contributed by atoms with Gasteiger partial charge in [-0.05, 0) is 47.4 Å². The summed E-state index contributed by atoms with van der Waals surface area (Å²) in [5, 5.41) is 7.70. The highest BCUT2D eigenvalue weighted by atomic mass is 16.5. The number of methoxy groups -OCH3 is 1. The molecule has 10 heteroatoms. The number of hydrogen-bond acceptors (Lipinski definition) is 8. The second-order valence-electron chi connectivity index (χ2n) is 10.1. The van der Waals surface area contributed by atoms with E-state index in [2.05, 4.69) is 55.9 Å². The SMILES string of the molecule is C=C(c1ccnc(OCCOC)c1)c1n[nH]c2nc(N3CCC4(CC3)Cc3ccccc3[C@H]4N)[nH]c(=O)c12. The van der Waals surface area contributed by atoms with E-state index in [1.54, 1.807) is 25.4 Å². The molecule has 1 saturated heterocycles. The van der Waals surface area contributed by atoms with Crippen molar-refractivity contribution in [1.29, 1.82) is 0 Å². The van der Waals surface area contributed by atoms with Crippen molar-refractivity contribution in [3.05, 3.63) is 81.9 Å². The van der Waals surface area contributed by atoms with Crippen molar-refractivity contribution in [3.8, 4) is 5.88 Å². The Labute approximate surface area is 219 Å². The Kier molecular flexibility index (Phi) is 6.21. The maximum Gasteiger partial charge on any atom is 0.264 e. The number of aromatic amines is 2. The van der Waals surface area contributed by atoms with Crippen molar-refractivity contribution in [2.24, 2.45) is 11.1 Å². The number of hydrogen-bond donors (Lipinski definition) is 3. The molecule has 1 aliphatic carbocycles. The van der Waals surface area contributed by atoms with E-state index in [-0.39, 0.29) is 17.0 Å². The predicted octanol–water partition coefficient (Wildman–Crippen LogP) is 2.97. The summed E-state index contributed by atoms with van der Waals surface area (Å²) in [7, 11) is 1.61. The van der Waals surface area contributed by atoms with Crippen LogP contribution in [-0.4, -0.2) is 58.6 Å². The molecule has 1 spiro atoms. The van der Waals surface area contributed by atoms with Crippen LogP contribution in [0.1, 0.15) is 41.3 Å². The van der Waals surface area contributed by atoms with Gasteiger partial charge in [0.15, 0.2) is 5.65 Å². The molecule has 0 unspecified atom stereocenters. The number of nitrogens with two attached hydrogens (primary N) is 1. The van der Waals surface area contributed by atoms with E-state index in [1.807, 2.05) is 0 Å². The maximum absolute atomic E-state index is 13.3. The zero-order chi connectivity index (χ0) is 26.3. The Balaban J connectivity index is 1.21. The van der Waals surface area contributed by atoms with Gasteiger partial charge < -0.3 is 20.1 Å². The first kappa shape index (κ1) is 24.3. The van der Waals surface area contributed by atoms with E-state index >= 15 is 0 Å². The molecule has 1 fully saturated rings. The van der Waals surface area contributed by atoms with Gasteiger partial charge in [-0.25, -0.2) is 4.98 Å². The number of aromatic nitrogens is 5. The van der Waals surface area contributed by atoms with Crippen LogP contribution in [-0.2, 0) is 11.2 Å². The molecule has 38 heavy (non-hydrogen) atoms. The number of ether oxygens (including phenoxy) is 2. The van der Waals surface area contributed by atoms with Crippen LogP contribution in [0.25, 0.3) is 16.6 Å². The topological polar surface area (TPSA) is 135 Å². The van der Waals surface area contributed by atoms with E-state index in [0.717, 1.165) is 37.9 Å². The van der Waals surface area contributed by atoms with Crippen molar-refractivity contribution in [1.82, 2.24) is 25.1 Å². The highest BCUT2D eigenvalue weighted by molar-refractivity contribution is 5.92. The molecule has 3 aromatic heterocycles. The van der Waals surface area contributed by atoms with Gasteiger partial charge in [-0.3, -0.25) is 14.9 Å². The first-order valence-corrected chi connectivity index (χ1v) is 12.8. The smallest absolute Gasteiger partial charge is 0.264 e. The van der Waals surface area contributed by atoms with E-state index in [4.69, 9.17) is 20.2 Å². The van der Waals surface area contributed by atoms with Crippen LogP contribution in [0.15, 0.2) is 54.0 Å². The monoisotopic (exact) mass is 513 g/mol. The number of nitrogens with zero attached hydrogens (tertiary/aromatic N) is 4. The largest absolute Gasteiger partial charge is 0.475 e. The lowest BCUT2D eigenvalue weighted by molar-refractivity contribution is 0.143. The van der Waals surface area contributed by atoms with Crippen LogP contribution >= 0.6 is 0 Å². The van der Waals surface area contributed by atoms with Gasteiger partial charge in [-0.2, -0.15) is 10.1 Å². The Morgan fingerprint density at radius 2 is 2.05 bits per heavy atom. The van der Waals surface area contributed by atoms with Gasteiger partial charge in [0.05, 0.1) is 6.61 Å². The number of anilines is 1. The molecule has 0 bridgehead atoms. The van der Waals surface area contributed by atoms with Crippen LogP contribution in [0, 0.1) is 5.41 Å². The molecule has 10 nitrogen and oxygen atoms in total. The van der Waals surface area contributed by atoms with Gasteiger partial charge in [0.25, 0.3) is 5.56 Å². The quantitative estimate of drug-likeness (QED) is 0.321. The van der Waals surface area contributed by atoms with Crippen molar-refractivity contribution < 1.29 is 9.47 Å². The summed E-state index contributed by atoms with van der Waals surface area (Å²) in [5.41, 5.74) is 11.3. The van der Waals surface area contributed by atoms with Gasteiger partial charge >= 0.3 is 0 Å². The Bertz CT molecular complexity index is 1550. The van der Waals surface area contributed by atoms with E-state index in [9.17, 15) is 4.79 Å². The minimum Gasteiger partial charge on any atom is -0.475 e. The lowest BCUT2D eigenvalue weighted by Gasteiger charge is -2.42. The lowest BCUT2D eigenvalue weighted by Crippen LogP contribution is -2.45. The number of benzene rings is 1. The predicted molar refractivity (Wildman–Crippen MR) is 145 cm³/mol. The molecule has 196 valence electrons. The van der Waals surface area contributed by atoms with E-state index in [1.165, 1.54) is 11.1 Å². The van der Waals surface area contributed by atoms with Gasteiger partial charge in [0.2, 0.25) is 11.8 Å². The second kappa shape index (κ2) is 9.70. The number of piperidine rings is 1. The molecule has 0 amide bonds. The molecule has 0 radical (unpaired) electrons. The van der Waals surface area contributed by atoms with Crippen molar-refractivity contribution >= 4 is 22.6 Å². The molecule has 1 aliphatic heterocycles. The van der Waals surface area contributed by atoms with Gasteiger partial charge in [-0.15, -0.1) is 0 Å². The number of nitrogens with one attached hydrogen (secondary N) is 2. The number of H-pyrrole nitrogens is 2. The molecule has 4 heterocycles. The molecular formula is C28H31N7O3. The standard InChI is InChI=1S/C28H31N7O3/c1-17(18-7-10-30-21(15-18)38-14-13-37-2)23-22-25(34-33-23)31-27(32-26(22)36)35-11-8-28(9-12-35)16-19-5-3-4-6-20(19)24(28)29/h3-7,10,15,24H,1,8-9,11-14,16,29H2,2H3,(H2,31,32,33,34,36)/t24-/m1/s1. The minimum absolute atomic E-state index is 0.0376. The fraction of sp³-hybridized carbons (Fsp3) is 0.357. The van der Waals surface area contributed by atoms with Crippen LogP contribution < -0.4 is 20.9 Å². The summed E-state index contributed by atoms with van der Waals surface area (Å²) < 4.78 is 10.6. The highest BCUT2D eigenvalue weighted by Crippen LogP contribution is 2.50. The van der Waals surface area contributed by atoms with Gasteiger partial charge in [-0.1, -0.05) is 30.8 Å². The van der Waals surface area contributed by atoms with Crippen molar-refractivity contribution in [2.75, 3.05) is 38.3 Å². The summed E-state index contributed by atoms with van der Waals surface area (Å²) in [6, 6.07) is 12.1. The van der Waals surface area contributed by atoms with Crippen molar-refractivity contribution in [2.45, 2.75) is 25.3 Å². The Morgan fingerprint density at radius 1 is 1.24 bits per heavy atom. The normalized spacial score (nSPS) is 18.2. The second-order valence-corrected chi connectivity index (χ2v) is 10.1. The molecule has 4 aromatic rings. The van der Waals surface area contributed by atoms with Crippen LogP contribution in [0.4, 0.5) is 5.95 Å². The summed E-state index contributed by atoms with van der Waals surface area (Å²) in [5.74, 6) is 0.989. The lowest BCUT2D eigenvalue weighted by atomic mass is 9.73. The van der Waals surface area contributed by atoms with Crippen molar-refractivity contribution in [3.63, 3.8) is 0 Å². The molecule has 6 rings (SSSR count). The van der Waals surface area contributed by atoms with E-state index in [0.29, 0.717) is 47.3 Å². The summed E-state index contributed by atoms with van der Waals surface area (Å²) in [6.07, 6.45) is 4.51. The number of rotatable bonds is 7.